The second kappa shape index (κ2) is 6.14. The van der Waals surface area contributed by atoms with Crippen LogP contribution in [-0.2, 0) is 0 Å². The second-order valence-electron chi connectivity index (χ2n) is 3.57. The van der Waals surface area contributed by atoms with E-state index in [0.29, 0.717) is 5.84 Å². The number of likely N-dealkylation sites (tertiary alicyclic amines) is 1. The van der Waals surface area contributed by atoms with E-state index in [0.717, 1.165) is 25.3 Å². The van der Waals surface area contributed by atoms with Crippen molar-refractivity contribution in [1.29, 1.82) is 0 Å². The van der Waals surface area contributed by atoms with Gasteiger partial charge in [-0.05, 0) is 25.6 Å². The van der Waals surface area contributed by atoms with Crippen molar-refractivity contribution < 1.29 is 5.21 Å². The van der Waals surface area contributed by atoms with E-state index < -0.39 is 0 Å². The van der Waals surface area contributed by atoms with Gasteiger partial charge in [-0.3, -0.25) is 4.90 Å². The van der Waals surface area contributed by atoms with Gasteiger partial charge in [-0.15, -0.1) is 0 Å². The van der Waals surface area contributed by atoms with E-state index in [1.54, 1.807) is 0 Å². The summed E-state index contributed by atoms with van der Waals surface area (Å²) in [6.07, 6.45) is 5.52. The topological polar surface area (TPSA) is 61.8 Å². The number of amidine groups is 1. The molecule has 0 aliphatic carbocycles. The highest BCUT2D eigenvalue weighted by Gasteiger charge is 2.25. The molecule has 4 nitrogen and oxygen atoms in total. The van der Waals surface area contributed by atoms with Crippen molar-refractivity contribution in [2.24, 2.45) is 10.9 Å². The first-order valence-corrected chi connectivity index (χ1v) is 6.39. The number of oxime groups is 1. The summed E-state index contributed by atoms with van der Waals surface area (Å²) in [6.45, 7) is 2.10. The minimum atomic E-state index is 0.154. The van der Waals surface area contributed by atoms with E-state index in [1.165, 1.54) is 12.8 Å². The Kier molecular flexibility index (Phi) is 5.11. The van der Waals surface area contributed by atoms with Crippen LogP contribution in [0.4, 0.5) is 0 Å². The molecule has 0 saturated carbocycles. The van der Waals surface area contributed by atoms with Crippen LogP contribution in [0.15, 0.2) is 5.16 Å². The van der Waals surface area contributed by atoms with Crippen LogP contribution in [0.25, 0.3) is 0 Å². The lowest BCUT2D eigenvalue weighted by molar-refractivity contribution is 0.197. The number of nitrogens with zero attached hydrogens (tertiary/aromatic N) is 2. The molecular formula is C9H19N3OS. The molecule has 0 aromatic heterocycles. The van der Waals surface area contributed by atoms with Gasteiger partial charge < -0.3 is 10.9 Å². The largest absolute Gasteiger partial charge is 0.409 e. The van der Waals surface area contributed by atoms with Crippen LogP contribution in [0.3, 0.4) is 0 Å². The SMILES string of the molecule is CSCCN1CCCCC1C(N)=NO. The Morgan fingerprint density at radius 3 is 3.07 bits per heavy atom. The summed E-state index contributed by atoms with van der Waals surface area (Å²) >= 11 is 1.83. The maximum Gasteiger partial charge on any atom is 0.156 e. The molecule has 1 fully saturated rings. The summed E-state index contributed by atoms with van der Waals surface area (Å²) in [5.41, 5.74) is 5.66. The summed E-state index contributed by atoms with van der Waals surface area (Å²) in [4.78, 5) is 2.31. The van der Waals surface area contributed by atoms with E-state index in [2.05, 4.69) is 16.3 Å². The van der Waals surface area contributed by atoms with E-state index in [1.807, 2.05) is 11.8 Å². The Balaban J connectivity index is 2.50. The Bertz CT molecular complexity index is 198. The van der Waals surface area contributed by atoms with Crippen LogP contribution in [-0.4, -0.2) is 47.1 Å². The van der Waals surface area contributed by atoms with Crippen LogP contribution in [0.1, 0.15) is 19.3 Å². The molecular weight excluding hydrogens is 198 g/mol. The molecule has 1 aliphatic heterocycles. The molecule has 1 saturated heterocycles. The first kappa shape index (κ1) is 11.7. The molecule has 0 bridgehead atoms. The highest BCUT2D eigenvalue weighted by molar-refractivity contribution is 7.98. The summed E-state index contributed by atoms with van der Waals surface area (Å²) < 4.78 is 0. The van der Waals surface area contributed by atoms with Gasteiger partial charge in [-0.25, -0.2) is 0 Å². The zero-order valence-corrected chi connectivity index (χ0v) is 9.46. The fourth-order valence-electron chi connectivity index (χ4n) is 1.87. The van der Waals surface area contributed by atoms with Gasteiger partial charge in [-0.2, -0.15) is 11.8 Å². The number of piperidine rings is 1. The lowest BCUT2D eigenvalue weighted by atomic mass is 10.0. The van der Waals surface area contributed by atoms with Crippen LogP contribution in [0.5, 0.6) is 0 Å². The first-order valence-electron chi connectivity index (χ1n) is 5.00. The van der Waals surface area contributed by atoms with E-state index in [9.17, 15) is 0 Å². The van der Waals surface area contributed by atoms with Gasteiger partial charge in [-0.1, -0.05) is 11.6 Å². The van der Waals surface area contributed by atoms with Gasteiger partial charge in [0, 0.05) is 12.3 Å². The van der Waals surface area contributed by atoms with Gasteiger partial charge in [0.15, 0.2) is 5.84 Å². The molecule has 0 radical (unpaired) electrons. The smallest absolute Gasteiger partial charge is 0.156 e. The number of rotatable bonds is 4. The third kappa shape index (κ3) is 3.06. The molecule has 5 heteroatoms. The predicted molar refractivity (Wildman–Crippen MR) is 61.0 cm³/mol. The molecule has 3 N–H and O–H groups in total. The third-order valence-corrected chi connectivity index (χ3v) is 3.24. The van der Waals surface area contributed by atoms with Crippen LogP contribution < -0.4 is 5.73 Å². The Labute approximate surface area is 89.5 Å². The van der Waals surface area contributed by atoms with Crippen molar-refractivity contribution in [2.45, 2.75) is 25.3 Å². The monoisotopic (exact) mass is 217 g/mol. The highest BCUT2D eigenvalue weighted by atomic mass is 32.2. The predicted octanol–water partition coefficient (Wildman–Crippen LogP) is 0.950. The summed E-state index contributed by atoms with van der Waals surface area (Å²) in [5.74, 6) is 1.47. The fraction of sp³-hybridized carbons (Fsp3) is 0.889. The summed E-state index contributed by atoms with van der Waals surface area (Å²) in [7, 11) is 0. The number of hydrogen-bond acceptors (Lipinski definition) is 4. The van der Waals surface area contributed by atoms with Crippen LogP contribution in [0.2, 0.25) is 0 Å². The van der Waals surface area contributed by atoms with Gasteiger partial charge in [0.25, 0.3) is 0 Å². The van der Waals surface area contributed by atoms with Crippen LogP contribution >= 0.6 is 11.8 Å². The molecule has 14 heavy (non-hydrogen) atoms. The zero-order valence-electron chi connectivity index (χ0n) is 8.65. The van der Waals surface area contributed by atoms with E-state index in [-0.39, 0.29) is 6.04 Å². The molecule has 1 rings (SSSR count). The minimum absolute atomic E-state index is 0.154. The van der Waals surface area contributed by atoms with Gasteiger partial charge in [0.05, 0.1) is 6.04 Å². The molecule has 1 atom stereocenters. The van der Waals surface area contributed by atoms with Crippen molar-refractivity contribution in [3.8, 4) is 0 Å². The van der Waals surface area contributed by atoms with Crippen molar-refractivity contribution in [2.75, 3.05) is 25.1 Å². The van der Waals surface area contributed by atoms with Crippen molar-refractivity contribution in [1.82, 2.24) is 4.90 Å². The molecule has 82 valence electrons. The standard InChI is InChI=1S/C9H19N3OS/c1-14-7-6-12-5-3-2-4-8(12)9(10)11-13/h8,13H,2-7H2,1H3,(H2,10,11). The third-order valence-electron chi connectivity index (χ3n) is 2.65. The number of nitrogens with two attached hydrogens (primary N) is 1. The fourth-order valence-corrected chi connectivity index (χ4v) is 2.29. The van der Waals surface area contributed by atoms with Crippen LogP contribution in [0, 0.1) is 0 Å². The van der Waals surface area contributed by atoms with Gasteiger partial charge in [0.1, 0.15) is 0 Å². The number of thioether (sulfide) groups is 1. The normalized spacial score (nSPS) is 25.2. The molecule has 0 amide bonds. The average Bonchev–Trinajstić information content (AvgIpc) is 2.25. The average molecular weight is 217 g/mol. The molecule has 0 spiro atoms. The van der Waals surface area contributed by atoms with E-state index >= 15 is 0 Å². The van der Waals surface area contributed by atoms with E-state index in [4.69, 9.17) is 10.9 Å². The minimum Gasteiger partial charge on any atom is -0.409 e. The molecule has 0 aromatic carbocycles. The number of hydrogen-bond donors (Lipinski definition) is 2. The molecule has 0 aromatic rings. The quantitative estimate of drug-likeness (QED) is 0.318. The lowest BCUT2D eigenvalue weighted by Crippen LogP contribution is -2.48. The zero-order chi connectivity index (χ0) is 10.4. The lowest BCUT2D eigenvalue weighted by Gasteiger charge is -2.34. The molecule has 1 aliphatic rings. The Hall–Kier alpha value is -0.420. The van der Waals surface area contributed by atoms with Crippen molar-refractivity contribution in [3.63, 3.8) is 0 Å². The Morgan fingerprint density at radius 2 is 2.43 bits per heavy atom. The highest BCUT2D eigenvalue weighted by Crippen LogP contribution is 2.17. The summed E-state index contributed by atoms with van der Waals surface area (Å²) in [5, 5.41) is 11.8. The summed E-state index contributed by atoms with van der Waals surface area (Å²) in [6, 6.07) is 0.154. The maximum absolute atomic E-state index is 8.66. The second-order valence-corrected chi connectivity index (χ2v) is 4.55. The van der Waals surface area contributed by atoms with Gasteiger partial charge >= 0.3 is 0 Å². The first-order chi connectivity index (χ1) is 6.79. The Morgan fingerprint density at radius 1 is 1.64 bits per heavy atom. The van der Waals surface area contributed by atoms with Gasteiger partial charge in [0.2, 0.25) is 0 Å². The molecule has 1 heterocycles. The maximum atomic E-state index is 8.66. The molecule has 1 unspecified atom stereocenters. The van der Waals surface area contributed by atoms with Crippen molar-refractivity contribution in [3.05, 3.63) is 0 Å². The van der Waals surface area contributed by atoms with Crippen molar-refractivity contribution >= 4 is 17.6 Å².